The largest absolute Gasteiger partial charge is 0.492 e. The number of carbonyl (C=O) groups is 1. The second-order valence-electron chi connectivity index (χ2n) is 7.93. The van der Waals surface area contributed by atoms with Crippen molar-refractivity contribution < 1.29 is 24.1 Å². The van der Waals surface area contributed by atoms with E-state index < -0.39 is 11.8 Å². The van der Waals surface area contributed by atoms with Gasteiger partial charge in [-0.1, -0.05) is 12.1 Å². The van der Waals surface area contributed by atoms with Crippen molar-refractivity contribution in [2.75, 3.05) is 19.8 Å². The number of aliphatic carboxylic acids is 1. The van der Waals surface area contributed by atoms with E-state index in [-0.39, 0.29) is 18.5 Å². The molecule has 0 bridgehead atoms. The van der Waals surface area contributed by atoms with Gasteiger partial charge >= 0.3 is 5.97 Å². The SMILES string of the molecule is Cc1cc(OCC2CCC(c3ccccn3)N2)ccc1CC1(C(=O)O)OCCCO1. The van der Waals surface area contributed by atoms with Crippen LogP contribution in [0.2, 0.25) is 0 Å². The Morgan fingerprint density at radius 2 is 2.10 bits per heavy atom. The monoisotopic (exact) mass is 412 g/mol. The van der Waals surface area contributed by atoms with E-state index in [0.717, 1.165) is 35.4 Å². The molecule has 2 aliphatic rings. The van der Waals surface area contributed by atoms with Crippen LogP contribution >= 0.6 is 0 Å². The predicted molar refractivity (Wildman–Crippen MR) is 110 cm³/mol. The Kier molecular flexibility index (Phi) is 6.32. The van der Waals surface area contributed by atoms with Crippen molar-refractivity contribution in [1.82, 2.24) is 10.3 Å². The fourth-order valence-electron chi connectivity index (χ4n) is 4.05. The number of aryl methyl sites for hydroxylation is 1. The Bertz CT molecular complexity index is 867. The number of carboxylic acids is 1. The first-order valence-corrected chi connectivity index (χ1v) is 10.5. The maximum absolute atomic E-state index is 11.8. The summed E-state index contributed by atoms with van der Waals surface area (Å²) in [6.07, 6.45) is 4.78. The number of nitrogens with zero attached hydrogens (tertiary/aromatic N) is 1. The van der Waals surface area contributed by atoms with Gasteiger partial charge in [0.1, 0.15) is 12.4 Å². The first kappa shape index (κ1) is 20.8. The van der Waals surface area contributed by atoms with Gasteiger partial charge in [0.05, 0.1) is 18.9 Å². The molecule has 30 heavy (non-hydrogen) atoms. The van der Waals surface area contributed by atoms with Gasteiger partial charge < -0.3 is 24.6 Å². The van der Waals surface area contributed by atoms with Crippen LogP contribution in [0.25, 0.3) is 0 Å². The van der Waals surface area contributed by atoms with E-state index in [2.05, 4.69) is 10.3 Å². The van der Waals surface area contributed by atoms with Gasteiger partial charge in [0.15, 0.2) is 0 Å². The molecule has 0 radical (unpaired) electrons. The molecule has 160 valence electrons. The van der Waals surface area contributed by atoms with Crippen LogP contribution in [-0.2, 0) is 20.7 Å². The summed E-state index contributed by atoms with van der Waals surface area (Å²) in [5.74, 6) is -1.91. The highest BCUT2D eigenvalue weighted by molar-refractivity contribution is 5.76. The van der Waals surface area contributed by atoms with Gasteiger partial charge in [-0.2, -0.15) is 0 Å². The third-order valence-corrected chi connectivity index (χ3v) is 5.76. The minimum absolute atomic E-state index is 0.171. The van der Waals surface area contributed by atoms with E-state index in [1.807, 2.05) is 49.5 Å². The van der Waals surface area contributed by atoms with Crippen LogP contribution in [0, 0.1) is 6.92 Å². The summed E-state index contributed by atoms with van der Waals surface area (Å²) in [5, 5.41) is 13.2. The number of aromatic nitrogens is 1. The van der Waals surface area contributed by atoms with E-state index in [4.69, 9.17) is 14.2 Å². The lowest BCUT2D eigenvalue weighted by atomic mass is 9.99. The minimum atomic E-state index is -1.60. The topological polar surface area (TPSA) is 89.9 Å². The summed E-state index contributed by atoms with van der Waals surface area (Å²) in [7, 11) is 0. The molecule has 4 rings (SSSR count). The van der Waals surface area contributed by atoms with Gasteiger partial charge in [0.25, 0.3) is 5.79 Å². The van der Waals surface area contributed by atoms with E-state index in [1.165, 1.54) is 0 Å². The second-order valence-corrected chi connectivity index (χ2v) is 7.93. The predicted octanol–water partition coefficient (Wildman–Crippen LogP) is 3.02. The zero-order chi connectivity index (χ0) is 21.0. The third-order valence-electron chi connectivity index (χ3n) is 5.76. The van der Waals surface area contributed by atoms with Crippen molar-refractivity contribution in [3.63, 3.8) is 0 Å². The molecule has 2 unspecified atom stereocenters. The first-order chi connectivity index (χ1) is 14.6. The standard InChI is InChI=1S/C23H28N2O5/c1-16-13-19(8-6-17(16)14-23(22(26)27)29-11-4-12-30-23)28-15-18-7-9-21(25-18)20-5-2-3-10-24-20/h2-3,5-6,8,10,13,18,21,25H,4,7,9,11-12,14-15H2,1H3,(H,26,27). The van der Waals surface area contributed by atoms with Crippen molar-refractivity contribution in [2.45, 2.75) is 50.5 Å². The van der Waals surface area contributed by atoms with Gasteiger partial charge in [-0.05, 0) is 61.6 Å². The Morgan fingerprint density at radius 3 is 2.80 bits per heavy atom. The molecule has 2 fully saturated rings. The number of benzene rings is 1. The maximum atomic E-state index is 11.8. The van der Waals surface area contributed by atoms with Crippen molar-refractivity contribution in [3.8, 4) is 5.75 Å². The lowest BCUT2D eigenvalue weighted by Gasteiger charge is -2.33. The summed E-state index contributed by atoms with van der Waals surface area (Å²) in [5.41, 5.74) is 2.90. The molecule has 2 aliphatic heterocycles. The van der Waals surface area contributed by atoms with E-state index in [0.29, 0.717) is 26.2 Å². The van der Waals surface area contributed by atoms with Crippen LogP contribution in [-0.4, -0.2) is 47.7 Å². The average molecular weight is 412 g/mol. The smallest absolute Gasteiger partial charge is 0.364 e. The molecule has 7 nitrogen and oxygen atoms in total. The summed E-state index contributed by atoms with van der Waals surface area (Å²) < 4.78 is 17.0. The van der Waals surface area contributed by atoms with Gasteiger partial charge in [-0.15, -0.1) is 0 Å². The van der Waals surface area contributed by atoms with Crippen molar-refractivity contribution in [3.05, 3.63) is 59.4 Å². The number of carboxylic acid groups (broad SMARTS) is 1. The Labute approximate surface area is 176 Å². The summed E-state index contributed by atoms with van der Waals surface area (Å²) in [6.45, 7) is 3.31. The molecule has 0 aliphatic carbocycles. The van der Waals surface area contributed by atoms with Crippen LogP contribution in [0.4, 0.5) is 0 Å². The van der Waals surface area contributed by atoms with Gasteiger partial charge in [0, 0.05) is 24.7 Å². The molecular weight excluding hydrogens is 384 g/mol. The lowest BCUT2D eigenvalue weighted by Crippen LogP contribution is -2.49. The van der Waals surface area contributed by atoms with Crippen LogP contribution in [0.3, 0.4) is 0 Å². The highest BCUT2D eigenvalue weighted by Crippen LogP contribution is 2.29. The number of rotatable bonds is 7. The molecule has 2 saturated heterocycles. The van der Waals surface area contributed by atoms with E-state index >= 15 is 0 Å². The molecular formula is C23H28N2O5. The number of nitrogens with one attached hydrogen (secondary N) is 1. The third kappa shape index (κ3) is 4.64. The fraction of sp³-hybridized carbons (Fsp3) is 0.478. The fourth-order valence-corrected chi connectivity index (χ4v) is 4.05. The van der Waals surface area contributed by atoms with Crippen LogP contribution in [0.5, 0.6) is 5.75 Å². The molecule has 0 spiro atoms. The summed E-state index contributed by atoms with van der Waals surface area (Å²) in [4.78, 5) is 16.2. The van der Waals surface area contributed by atoms with Crippen LogP contribution < -0.4 is 10.1 Å². The molecule has 0 saturated carbocycles. The zero-order valence-corrected chi connectivity index (χ0v) is 17.2. The maximum Gasteiger partial charge on any atom is 0.364 e. The van der Waals surface area contributed by atoms with Crippen molar-refractivity contribution in [1.29, 1.82) is 0 Å². The molecule has 2 N–H and O–H groups in total. The Balaban J connectivity index is 1.34. The highest BCUT2D eigenvalue weighted by atomic mass is 16.7. The number of hydrogen-bond donors (Lipinski definition) is 2. The highest BCUT2D eigenvalue weighted by Gasteiger charge is 2.43. The van der Waals surface area contributed by atoms with Gasteiger partial charge in [0.2, 0.25) is 0 Å². The lowest BCUT2D eigenvalue weighted by molar-refractivity contribution is -0.265. The Morgan fingerprint density at radius 1 is 1.27 bits per heavy atom. The van der Waals surface area contributed by atoms with Crippen LogP contribution in [0.1, 0.15) is 42.1 Å². The van der Waals surface area contributed by atoms with Crippen LogP contribution in [0.15, 0.2) is 42.6 Å². The first-order valence-electron chi connectivity index (χ1n) is 10.5. The number of ether oxygens (including phenoxy) is 3. The van der Waals surface area contributed by atoms with Gasteiger partial charge in [-0.3, -0.25) is 4.98 Å². The quantitative estimate of drug-likeness (QED) is 0.722. The van der Waals surface area contributed by atoms with Crippen molar-refractivity contribution >= 4 is 5.97 Å². The molecule has 1 aromatic carbocycles. The van der Waals surface area contributed by atoms with E-state index in [1.54, 1.807) is 0 Å². The molecule has 7 heteroatoms. The van der Waals surface area contributed by atoms with Crippen molar-refractivity contribution in [2.24, 2.45) is 0 Å². The molecule has 3 heterocycles. The minimum Gasteiger partial charge on any atom is -0.492 e. The summed E-state index contributed by atoms with van der Waals surface area (Å²) >= 11 is 0. The number of pyridine rings is 1. The molecule has 1 aromatic heterocycles. The van der Waals surface area contributed by atoms with E-state index in [9.17, 15) is 9.90 Å². The van der Waals surface area contributed by atoms with Gasteiger partial charge in [-0.25, -0.2) is 4.79 Å². The zero-order valence-electron chi connectivity index (χ0n) is 17.2. The Hall–Kier alpha value is -2.48. The second kappa shape index (κ2) is 9.12. The average Bonchev–Trinajstić information content (AvgIpc) is 3.24. The molecule has 2 aromatic rings. The summed E-state index contributed by atoms with van der Waals surface area (Å²) in [6, 6.07) is 12.3. The normalized spacial score (nSPS) is 23.2. The number of hydrogen-bond acceptors (Lipinski definition) is 6. The molecule has 2 atom stereocenters. The molecule has 0 amide bonds.